The molecule has 0 radical (unpaired) electrons. The standard InChI is InChI=1S/C51H86N12O6/c1-6-11-14-15-16-17-18-19-20-21-22-30-40-33-43(64)58-46(55-40)61-51(69)54-36-37(27-25-32-53-50(68)63-48-57-42(35-45(66)60-48)39(10-5)29-13-8-3)26-23-24-31-52-49(67)62-47-56-41(34-44(65)59-47)38(9-4)28-12-7-2/h33-35,37-39H,6-32,36H2,1-5H3,(H3,52,56,59,62,65,67)(H3,53,57,60,63,66,68)(H3,54,55,58,61,64,69). The molecule has 3 heterocycles. The number of hydrogen-bond acceptors (Lipinski definition) is 9. The Morgan fingerprint density at radius 1 is 0.464 bits per heavy atom. The zero-order valence-electron chi connectivity index (χ0n) is 42.6. The molecule has 0 bridgehead atoms. The highest BCUT2D eigenvalue weighted by atomic mass is 16.2. The second kappa shape index (κ2) is 34.7. The molecule has 0 fully saturated rings. The molecule has 18 nitrogen and oxygen atoms in total. The predicted molar refractivity (Wildman–Crippen MR) is 277 cm³/mol. The minimum Gasteiger partial charge on any atom is -0.338 e. The van der Waals surface area contributed by atoms with E-state index >= 15 is 0 Å². The van der Waals surface area contributed by atoms with Crippen molar-refractivity contribution in [1.82, 2.24) is 45.9 Å². The largest absolute Gasteiger partial charge is 0.338 e. The van der Waals surface area contributed by atoms with Gasteiger partial charge in [0.1, 0.15) is 0 Å². The van der Waals surface area contributed by atoms with Crippen LogP contribution in [0.5, 0.6) is 0 Å². The number of anilines is 3. The minimum atomic E-state index is -0.499. The van der Waals surface area contributed by atoms with Crippen molar-refractivity contribution < 1.29 is 14.4 Å². The van der Waals surface area contributed by atoms with Crippen LogP contribution in [0.3, 0.4) is 0 Å². The monoisotopic (exact) mass is 963 g/mol. The van der Waals surface area contributed by atoms with E-state index in [1.54, 1.807) is 0 Å². The molecule has 3 atom stereocenters. The van der Waals surface area contributed by atoms with Crippen LogP contribution in [-0.2, 0) is 6.42 Å². The topological polar surface area (TPSA) is 261 Å². The van der Waals surface area contributed by atoms with Gasteiger partial charge in [-0.2, -0.15) is 0 Å². The van der Waals surface area contributed by atoms with Crippen LogP contribution in [0, 0.1) is 5.92 Å². The summed E-state index contributed by atoms with van der Waals surface area (Å²) in [5.74, 6) is 0.575. The molecule has 18 heteroatoms. The van der Waals surface area contributed by atoms with E-state index in [4.69, 9.17) is 0 Å². The summed E-state index contributed by atoms with van der Waals surface area (Å²) < 4.78 is 0. The minimum absolute atomic E-state index is 0.00822. The second-order valence-electron chi connectivity index (χ2n) is 18.5. The SMILES string of the molecule is CCCCCCCCCCCCCc1cc(=O)[nH]c(NC(=O)NCC(CCCCNC(=O)Nc2nc(C(CC)CCCC)cc(=O)[nH]2)CCCNC(=O)Nc2nc(C(CC)CCCC)cc(=O)[nH]2)n1. The fraction of sp³-hybridized carbons (Fsp3) is 0.706. The molecule has 0 saturated heterocycles. The molecule has 0 aliphatic rings. The molecule has 9 N–H and O–H groups in total. The average molecular weight is 963 g/mol. The Morgan fingerprint density at radius 2 is 0.884 bits per heavy atom. The Balaban J connectivity index is 1.52. The summed E-state index contributed by atoms with van der Waals surface area (Å²) >= 11 is 0. The number of unbranched alkanes of at least 4 members (excludes halogenated alkanes) is 13. The van der Waals surface area contributed by atoms with Crippen LogP contribution in [0.2, 0.25) is 0 Å². The lowest BCUT2D eigenvalue weighted by molar-refractivity contribution is 0.247. The molecule has 3 rings (SSSR count). The van der Waals surface area contributed by atoms with Gasteiger partial charge in [-0.05, 0) is 70.1 Å². The number of nitrogens with zero attached hydrogens (tertiary/aromatic N) is 3. The first-order valence-corrected chi connectivity index (χ1v) is 26.4. The third kappa shape index (κ3) is 25.0. The van der Waals surface area contributed by atoms with E-state index in [-0.39, 0.29) is 52.3 Å². The first-order chi connectivity index (χ1) is 33.5. The molecule has 3 aromatic rings. The van der Waals surface area contributed by atoms with E-state index in [1.807, 2.05) is 0 Å². The Labute approximate surface area is 409 Å². The van der Waals surface area contributed by atoms with Gasteiger partial charge in [-0.25, -0.2) is 29.3 Å². The van der Waals surface area contributed by atoms with E-state index in [9.17, 15) is 28.8 Å². The molecule has 3 unspecified atom stereocenters. The number of carbonyl (C=O) groups is 3. The van der Waals surface area contributed by atoms with Gasteiger partial charge in [-0.1, -0.05) is 131 Å². The fourth-order valence-electron chi connectivity index (χ4n) is 8.57. The molecule has 0 aliphatic carbocycles. The number of aromatic nitrogens is 6. The molecule has 386 valence electrons. The van der Waals surface area contributed by atoms with Crippen LogP contribution in [0.1, 0.15) is 218 Å². The Bertz CT molecular complexity index is 2110. The molecule has 0 spiro atoms. The summed E-state index contributed by atoms with van der Waals surface area (Å²) in [4.78, 5) is 97.5. The van der Waals surface area contributed by atoms with Crippen molar-refractivity contribution in [1.29, 1.82) is 0 Å². The second-order valence-corrected chi connectivity index (χ2v) is 18.5. The maximum atomic E-state index is 13.1. The van der Waals surface area contributed by atoms with E-state index < -0.39 is 18.1 Å². The number of H-pyrrole nitrogens is 3. The molecule has 6 amide bonds. The number of aromatic amines is 3. The maximum Gasteiger partial charge on any atom is 0.321 e. The smallest absolute Gasteiger partial charge is 0.321 e. The number of urea groups is 3. The maximum absolute atomic E-state index is 13.1. The summed E-state index contributed by atoms with van der Waals surface area (Å²) in [6.07, 6.45) is 25.1. The summed E-state index contributed by atoms with van der Waals surface area (Å²) in [7, 11) is 0. The summed E-state index contributed by atoms with van der Waals surface area (Å²) in [5.41, 5.74) is 1.01. The number of aryl methyl sites for hydroxylation is 1. The van der Waals surface area contributed by atoms with Crippen LogP contribution in [-0.4, -0.2) is 67.6 Å². The molecule has 0 aromatic carbocycles. The van der Waals surface area contributed by atoms with Crippen molar-refractivity contribution in [2.45, 2.75) is 207 Å². The molecular formula is C51H86N12O6. The van der Waals surface area contributed by atoms with Gasteiger partial charge in [0, 0.05) is 55.4 Å². The van der Waals surface area contributed by atoms with Crippen LogP contribution in [0.25, 0.3) is 0 Å². The Morgan fingerprint density at radius 3 is 1.38 bits per heavy atom. The molecule has 0 saturated carbocycles. The van der Waals surface area contributed by atoms with E-state index in [2.05, 4.69) is 96.4 Å². The van der Waals surface area contributed by atoms with E-state index in [0.717, 1.165) is 77.0 Å². The Hall–Kier alpha value is -5.55. The summed E-state index contributed by atoms with van der Waals surface area (Å²) in [6.45, 7) is 11.6. The van der Waals surface area contributed by atoms with E-state index in [1.165, 1.54) is 69.6 Å². The quantitative estimate of drug-likeness (QED) is 0.0251. The molecular weight excluding hydrogens is 877 g/mol. The molecule has 0 aliphatic heterocycles. The van der Waals surface area contributed by atoms with Crippen molar-refractivity contribution in [2.75, 3.05) is 35.6 Å². The number of amides is 6. The van der Waals surface area contributed by atoms with Gasteiger partial charge in [0.15, 0.2) is 0 Å². The first kappa shape index (κ1) is 57.8. The normalized spacial score (nSPS) is 12.5. The third-order valence-corrected chi connectivity index (χ3v) is 12.6. The molecule has 69 heavy (non-hydrogen) atoms. The lowest BCUT2D eigenvalue weighted by atomic mass is 9.96. The number of carbonyl (C=O) groups excluding carboxylic acids is 3. The van der Waals surface area contributed by atoms with Crippen molar-refractivity contribution in [3.8, 4) is 0 Å². The number of rotatable bonds is 36. The summed E-state index contributed by atoms with van der Waals surface area (Å²) in [6, 6.07) is 3.02. The zero-order valence-corrected chi connectivity index (χ0v) is 42.6. The number of nitrogens with one attached hydrogen (secondary N) is 9. The van der Waals surface area contributed by atoms with Crippen LogP contribution >= 0.6 is 0 Å². The highest BCUT2D eigenvalue weighted by Gasteiger charge is 2.17. The van der Waals surface area contributed by atoms with Gasteiger partial charge in [0.05, 0.1) is 11.4 Å². The van der Waals surface area contributed by atoms with E-state index in [0.29, 0.717) is 68.8 Å². The fourth-order valence-corrected chi connectivity index (χ4v) is 8.57. The Kier molecular flexibility index (Phi) is 29.0. The number of hydrogen-bond donors (Lipinski definition) is 9. The molecule has 3 aromatic heterocycles. The highest BCUT2D eigenvalue weighted by Crippen LogP contribution is 2.25. The lowest BCUT2D eigenvalue weighted by Gasteiger charge is -2.18. The zero-order chi connectivity index (χ0) is 50.1. The van der Waals surface area contributed by atoms with Crippen molar-refractivity contribution in [3.63, 3.8) is 0 Å². The van der Waals surface area contributed by atoms with Crippen molar-refractivity contribution >= 4 is 35.9 Å². The average Bonchev–Trinajstić information content (AvgIpc) is 3.31. The third-order valence-electron chi connectivity index (χ3n) is 12.6. The van der Waals surface area contributed by atoms with Crippen LogP contribution in [0.4, 0.5) is 32.2 Å². The van der Waals surface area contributed by atoms with Gasteiger partial charge in [-0.3, -0.25) is 45.3 Å². The summed E-state index contributed by atoms with van der Waals surface area (Å²) in [5, 5.41) is 16.6. The van der Waals surface area contributed by atoms with Gasteiger partial charge < -0.3 is 16.0 Å². The van der Waals surface area contributed by atoms with Gasteiger partial charge in [-0.15, -0.1) is 0 Å². The van der Waals surface area contributed by atoms with Gasteiger partial charge >= 0.3 is 18.1 Å². The van der Waals surface area contributed by atoms with Gasteiger partial charge in [0.2, 0.25) is 17.8 Å². The first-order valence-electron chi connectivity index (χ1n) is 26.4. The lowest BCUT2D eigenvalue weighted by Crippen LogP contribution is -2.35. The van der Waals surface area contributed by atoms with Crippen molar-refractivity contribution in [2.24, 2.45) is 5.92 Å². The highest BCUT2D eigenvalue weighted by molar-refractivity contribution is 5.88. The predicted octanol–water partition coefficient (Wildman–Crippen LogP) is 10.5. The van der Waals surface area contributed by atoms with Crippen molar-refractivity contribution in [3.05, 3.63) is 66.3 Å². The van der Waals surface area contributed by atoms with Crippen LogP contribution in [0.15, 0.2) is 32.6 Å². The van der Waals surface area contributed by atoms with Crippen LogP contribution < -0.4 is 48.6 Å². The van der Waals surface area contributed by atoms with Gasteiger partial charge in [0.25, 0.3) is 16.7 Å².